The van der Waals surface area contributed by atoms with Crippen molar-refractivity contribution in [2.75, 3.05) is 20.3 Å². The molecule has 2 amide bonds. The third-order valence-corrected chi connectivity index (χ3v) is 4.95. The topological polar surface area (TPSA) is 136 Å². The summed E-state index contributed by atoms with van der Waals surface area (Å²) in [4.78, 5) is 34.9. The Hall–Kier alpha value is -3.53. The molecule has 31 heavy (non-hydrogen) atoms. The van der Waals surface area contributed by atoms with Gasteiger partial charge >= 0.3 is 0 Å². The van der Waals surface area contributed by atoms with Crippen LogP contribution in [0.2, 0.25) is 0 Å². The Labute approximate surface area is 178 Å². The minimum atomic E-state index is -0.490. The number of carbonyl (C=O) groups excluding carboxylic acids is 2. The molecular formula is C21H24N4O6. The molecule has 2 aromatic rings. The molecule has 0 unspecified atom stereocenters. The van der Waals surface area contributed by atoms with Gasteiger partial charge in [-0.1, -0.05) is 12.1 Å². The second kappa shape index (κ2) is 9.98. The van der Waals surface area contributed by atoms with E-state index in [1.807, 2.05) is 0 Å². The van der Waals surface area contributed by atoms with Gasteiger partial charge in [0.2, 0.25) is 5.91 Å². The van der Waals surface area contributed by atoms with Crippen molar-refractivity contribution in [3.8, 4) is 0 Å². The number of non-ortho nitro benzene ring substituents is 1. The second-order valence-electron chi connectivity index (χ2n) is 7.15. The number of nitrogens with zero attached hydrogens (tertiary/aromatic N) is 2. The molecule has 0 aliphatic heterocycles. The highest BCUT2D eigenvalue weighted by molar-refractivity contribution is 6.06. The van der Waals surface area contributed by atoms with Gasteiger partial charge in [0.25, 0.3) is 11.6 Å². The summed E-state index contributed by atoms with van der Waals surface area (Å²) in [5.74, 6) is 0.273. The van der Waals surface area contributed by atoms with E-state index >= 15 is 0 Å². The second-order valence-corrected chi connectivity index (χ2v) is 7.15. The maximum atomic E-state index is 12.4. The summed E-state index contributed by atoms with van der Waals surface area (Å²) in [7, 11) is 1.56. The van der Waals surface area contributed by atoms with Crippen molar-refractivity contribution in [2.45, 2.75) is 32.6 Å². The highest BCUT2D eigenvalue weighted by Gasteiger charge is 2.28. The molecule has 1 aromatic carbocycles. The molecular weight excluding hydrogens is 404 g/mol. The molecule has 10 heteroatoms. The highest BCUT2D eigenvalue weighted by atomic mass is 16.6. The van der Waals surface area contributed by atoms with Gasteiger partial charge in [-0.2, -0.15) is 5.10 Å². The van der Waals surface area contributed by atoms with Gasteiger partial charge in [-0.3, -0.25) is 19.7 Å². The quantitative estimate of drug-likeness (QED) is 0.376. The molecule has 0 bridgehead atoms. The van der Waals surface area contributed by atoms with Crippen molar-refractivity contribution < 1.29 is 23.7 Å². The molecule has 3 rings (SSSR count). The van der Waals surface area contributed by atoms with Gasteiger partial charge in [0.05, 0.1) is 23.7 Å². The Morgan fingerprint density at radius 2 is 2.00 bits per heavy atom. The van der Waals surface area contributed by atoms with Crippen molar-refractivity contribution >= 4 is 23.2 Å². The third kappa shape index (κ3) is 5.34. The maximum absolute atomic E-state index is 12.4. The van der Waals surface area contributed by atoms with Gasteiger partial charge in [-0.05, 0) is 25.3 Å². The van der Waals surface area contributed by atoms with Crippen LogP contribution in [-0.2, 0) is 22.4 Å². The van der Waals surface area contributed by atoms with Crippen LogP contribution in [0.3, 0.4) is 0 Å². The smallest absolute Gasteiger partial charge is 0.287 e. The van der Waals surface area contributed by atoms with Crippen LogP contribution in [0, 0.1) is 17.0 Å². The van der Waals surface area contributed by atoms with Gasteiger partial charge in [-0.15, -0.1) is 0 Å². The summed E-state index contributed by atoms with van der Waals surface area (Å²) in [5.41, 5.74) is 5.27. The summed E-state index contributed by atoms with van der Waals surface area (Å²) in [6.07, 6.45) is 2.17. The number of hydrazone groups is 1. The van der Waals surface area contributed by atoms with E-state index in [1.165, 1.54) is 24.3 Å². The largest absolute Gasteiger partial charge is 0.455 e. The number of rotatable bonds is 8. The van der Waals surface area contributed by atoms with E-state index in [1.54, 1.807) is 14.0 Å². The molecule has 0 atom stereocenters. The zero-order chi connectivity index (χ0) is 22.4. The van der Waals surface area contributed by atoms with Crippen LogP contribution in [0.4, 0.5) is 5.69 Å². The average molecular weight is 428 g/mol. The SMILES string of the molecule is COCCNC(=O)c1oc2c(c1C)/C(=N/NC(=O)Cc1ccc([N+](=O)[O-])cc1)CCC2. The number of carbonyl (C=O) groups is 2. The Balaban J connectivity index is 1.69. The molecule has 1 aromatic heterocycles. The number of hydrogen-bond acceptors (Lipinski definition) is 7. The monoisotopic (exact) mass is 428 g/mol. The molecule has 1 aliphatic rings. The first-order valence-electron chi connectivity index (χ1n) is 9.89. The Morgan fingerprint density at radius 3 is 2.68 bits per heavy atom. The van der Waals surface area contributed by atoms with Crippen molar-refractivity contribution in [1.82, 2.24) is 10.7 Å². The number of nitro benzene ring substituents is 1. The van der Waals surface area contributed by atoms with Crippen molar-refractivity contribution in [1.29, 1.82) is 0 Å². The molecule has 2 N–H and O–H groups in total. The molecule has 0 spiro atoms. The molecule has 10 nitrogen and oxygen atoms in total. The molecule has 1 heterocycles. The van der Waals surface area contributed by atoms with E-state index in [4.69, 9.17) is 9.15 Å². The molecule has 0 saturated carbocycles. The van der Waals surface area contributed by atoms with Gasteiger partial charge in [0.15, 0.2) is 5.76 Å². The van der Waals surface area contributed by atoms with Crippen LogP contribution in [0.15, 0.2) is 33.8 Å². The van der Waals surface area contributed by atoms with E-state index in [9.17, 15) is 19.7 Å². The number of benzene rings is 1. The van der Waals surface area contributed by atoms with Crippen LogP contribution in [0.5, 0.6) is 0 Å². The normalized spacial score (nSPS) is 14.2. The van der Waals surface area contributed by atoms with Crippen LogP contribution < -0.4 is 10.7 Å². The highest BCUT2D eigenvalue weighted by Crippen LogP contribution is 2.29. The predicted molar refractivity (Wildman–Crippen MR) is 112 cm³/mol. The maximum Gasteiger partial charge on any atom is 0.287 e. The molecule has 0 radical (unpaired) electrons. The summed E-state index contributed by atoms with van der Waals surface area (Å²) in [6, 6.07) is 5.79. The number of nitrogens with one attached hydrogen (secondary N) is 2. The molecule has 1 aliphatic carbocycles. The lowest BCUT2D eigenvalue weighted by molar-refractivity contribution is -0.384. The fourth-order valence-electron chi connectivity index (χ4n) is 3.43. The molecule has 164 valence electrons. The Kier molecular flexibility index (Phi) is 7.14. The van der Waals surface area contributed by atoms with Gasteiger partial charge < -0.3 is 14.5 Å². The zero-order valence-corrected chi connectivity index (χ0v) is 17.4. The van der Waals surface area contributed by atoms with E-state index in [-0.39, 0.29) is 29.7 Å². The van der Waals surface area contributed by atoms with Gasteiger partial charge in [0.1, 0.15) is 5.76 Å². The van der Waals surface area contributed by atoms with Crippen molar-refractivity contribution in [3.05, 3.63) is 62.6 Å². The fraction of sp³-hybridized carbons (Fsp3) is 0.381. The number of aryl methyl sites for hydroxylation is 1. The van der Waals surface area contributed by atoms with Crippen LogP contribution in [0.1, 0.15) is 45.8 Å². The number of nitro groups is 1. The Morgan fingerprint density at radius 1 is 1.26 bits per heavy atom. The predicted octanol–water partition coefficient (Wildman–Crippen LogP) is 2.27. The number of methoxy groups -OCH3 is 1. The lowest BCUT2D eigenvalue weighted by atomic mass is 9.93. The number of ether oxygens (including phenoxy) is 1. The average Bonchev–Trinajstić information content (AvgIpc) is 3.10. The third-order valence-electron chi connectivity index (χ3n) is 4.95. The lowest BCUT2D eigenvalue weighted by Gasteiger charge is -2.13. The van der Waals surface area contributed by atoms with Crippen LogP contribution >= 0.6 is 0 Å². The van der Waals surface area contributed by atoms with Gasteiger partial charge in [0, 0.05) is 43.3 Å². The number of furan rings is 1. The summed E-state index contributed by atoms with van der Waals surface area (Å²) in [5, 5.41) is 17.7. The van der Waals surface area contributed by atoms with Crippen LogP contribution in [-0.4, -0.2) is 42.7 Å². The standard InChI is InChI=1S/C21H24N4O6/c1-13-19-16(4-3-5-17(19)31-20(13)21(27)22-10-11-30-2)23-24-18(26)12-14-6-8-15(9-7-14)25(28)29/h6-9H,3-5,10-12H2,1-2H3,(H,22,27)(H,24,26)/b23-16+. The minimum absolute atomic E-state index is 0.0309. The van der Waals surface area contributed by atoms with E-state index in [0.29, 0.717) is 48.6 Å². The number of fused-ring (bicyclic) bond motifs is 1. The molecule has 0 saturated heterocycles. The molecule has 0 fully saturated rings. The number of hydrogen-bond donors (Lipinski definition) is 2. The van der Waals surface area contributed by atoms with Crippen molar-refractivity contribution in [3.63, 3.8) is 0 Å². The first kappa shape index (κ1) is 22.2. The first-order valence-corrected chi connectivity index (χ1v) is 9.89. The lowest BCUT2D eigenvalue weighted by Crippen LogP contribution is -2.27. The summed E-state index contributed by atoms with van der Waals surface area (Å²) in [6.45, 7) is 2.58. The van der Waals surface area contributed by atoms with Crippen molar-refractivity contribution in [2.24, 2.45) is 5.10 Å². The Bertz CT molecular complexity index is 1010. The summed E-state index contributed by atoms with van der Waals surface area (Å²) < 4.78 is 10.7. The van der Waals surface area contributed by atoms with E-state index < -0.39 is 4.92 Å². The minimum Gasteiger partial charge on any atom is -0.455 e. The first-order chi connectivity index (χ1) is 14.9. The van der Waals surface area contributed by atoms with Gasteiger partial charge in [-0.25, -0.2) is 5.43 Å². The van der Waals surface area contributed by atoms with E-state index in [2.05, 4.69) is 15.8 Å². The summed E-state index contributed by atoms with van der Waals surface area (Å²) >= 11 is 0. The zero-order valence-electron chi connectivity index (χ0n) is 17.4. The number of amides is 2. The van der Waals surface area contributed by atoms with E-state index in [0.717, 1.165) is 12.0 Å². The fourth-order valence-corrected chi connectivity index (χ4v) is 3.43. The van der Waals surface area contributed by atoms with Crippen LogP contribution in [0.25, 0.3) is 0 Å².